The molecule has 0 radical (unpaired) electrons. The van der Waals surface area contributed by atoms with Crippen LogP contribution >= 0.6 is 0 Å². The first-order valence-electron chi connectivity index (χ1n) is 13.4. The van der Waals surface area contributed by atoms with Crippen LogP contribution in [-0.2, 0) is 28.6 Å². The van der Waals surface area contributed by atoms with Gasteiger partial charge in [0.05, 0.1) is 18.8 Å². The Labute approximate surface area is 214 Å². The Morgan fingerprint density at radius 2 is 1.92 bits per heavy atom. The molecule has 0 aromatic rings. The third kappa shape index (κ3) is 3.95. The van der Waals surface area contributed by atoms with E-state index >= 15 is 0 Å². The predicted molar refractivity (Wildman–Crippen MR) is 133 cm³/mol. The third-order valence-electron chi connectivity index (χ3n) is 9.99. The highest BCUT2D eigenvalue weighted by molar-refractivity contribution is 6.05. The van der Waals surface area contributed by atoms with Gasteiger partial charge in [0.2, 0.25) is 0 Å². The van der Waals surface area contributed by atoms with Crippen molar-refractivity contribution in [2.24, 2.45) is 39.7 Å². The first-order chi connectivity index (χ1) is 17.0. The van der Waals surface area contributed by atoms with E-state index in [1.165, 1.54) is 6.92 Å². The SMILES string of the molecule is C=C1C(=O)[C@]23[C@H](OC(=O)CCCCN)[C@H]1C[C@H](O)[C@H]2[C@]1(COC(C)=O)CCCC(C)(C)[C@H]1C[C@H]3OC. The van der Waals surface area contributed by atoms with Crippen molar-refractivity contribution in [1.82, 2.24) is 0 Å². The third-order valence-corrected chi connectivity index (χ3v) is 9.99. The zero-order valence-corrected chi connectivity index (χ0v) is 22.2. The number of unbranched alkanes of at least 4 members (excludes halogenated alkanes) is 1. The summed E-state index contributed by atoms with van der Waals surface area (Å²) in [5.41, 5.74) is 3.97. The van der Waals surface area contributed by atoms with Crippen molar-refractivity contribution in [3.05, 3.63) is 12.2 Å². The van der Waals surface area contributed by atoms with Gasteiger partial charge < -0.3 is 25.1 Å². The van der Waals surface area contributed by atoms with Gasteiger partial charge in [-0.15, -0.1) is 0 Å². The molecule has 3 N–H and O–H groups in total. The van der Waals surface area contributed by atoms with E-state index in [2.05, 4.69) is 20.4 Å². The van der Waals surface area contributed by atoms with Gasteiger partial charge in [0.25, 0.3) is 0 Å². The number of aliphatic hydroxyl groups is 1. The van der Waals surface area contributed by atoms with Gasteiger partial charge in [0, 0.05) is 37.7 Å². The topological polar surface area (TPSA) is 125 Å². The molecule has 4 saturated carbocycles. The van der Waals surface area contributed by atoms with Crippen molar-refractivity contribution in [2.45, 2.75) is 90.4 Å². The van der Waals surface area contributed by atoms with Crippen molar-refractivity contribution >= 4 is 17.7 Å². The summed E-state index contributed by atoms with van der Waals surface area (Å²) in [6.07, 6.45) is 2.83. The number of hydrogen-bond acceptors (Lipinski definition) is 8. The smallest absolute Gasteiger partial charge is 0.306 e. The molecule has 4 aliphatic rings. The number of ether oxygens (including phenoxy) is 3. The molecule has 8 atom stereocenters. The number of nitrogens with two attached hydrogens (primary N) is 1. The monoisotopic (exact) mass is 505 g/mol. The fourth-order valence-corrected chi connectivity index (χ4v) is 8.70. The minimum Gasteiger partial charge on any atom is -0.465 e. The highest BCUT2D eigenvalue weighted by Crippen LogP contribution is 2.72. The van der Waals surface area contributed by atoms with Crippen molar-refractivity contribution in [1.29, 1.82) is 0 Å². The maximum absolute atomic E-state index is 14.2. The molecule has 2 bridgehead atoms. The second-order valence-corrected chi connectivity index (χ2v) is 12.2. The Hall–Kier alpha value is -1.77. The molecule has 0 aliphatic heterocycles. The number of aliphatic hydroxyl groups excluding tert-OH is 1. The van der Waals surface area contributed by atoms with Gasteiger partial charge in [-0.2, -0.15) is 0 Å². The summed E-state index contributed by atoms with van der Waals surface area (Å²) in [6, 6.07) is 0. The average Bonchev–Trinajstić information content (AvgIpc) is 2.94. The van der Waals surface area contributed by atoms with Gasteiger partial charge in [0.15, 0.2) is 5.78 Å². The minimum absolute atomic E-state index is 0.0486. The van der Waals surface area contributed by atoms with E-state index in [4.69, 9.17) is 19.9 Å². The Bertz CT molecular complexity index is 916. The molecule has 4 aliphatic carbocycles. The van der Waals surface area contributed by atoms with Crippen LogP contribution in [-0.4, -0.2) is 61.4 Å². The van der Waals surface area contributed by atoms with Crippen molar-refractivity contribution in [3.63, 3.8) is 0 Å². The largest absolute Gasteiger partial charge is 0.465 e. The molecule has 0 amide bonds. The van der Waals surface area contributed by atoms with Gasteiger partial charge in [-0.1, -0.05) is 26.8 Å². The van der Waals surface area contributed by atoms with Crippen LogP contribution in [0.5, 0.6) is 0 Å². The number of Topliss-reactive ketones (excluding diaryl/α,β-unsaturated/α-hetero) is 1. The lowest BCUT2D eigenvalue weighted by atomic mass is 9.39. The first kappa shape index (κ1) is 27.3. The summed E-state index contributed by atoms with van der Waals surface area (Å²) in [4.78, 5) is 39.2. The second-order valence-electron chi connectivity index (χ2n) is 12.2. The number of rotatable bonds is 8. The molecule has 1 spiro atoms. The van der Waals surface area contributed by atoms with E-state index in [9.17, 15) is 19.5 Å². The van der Waals surface area contributed by atoms with Gasteiger partial charge in [-0.3, -0.25) is 14.4 Å². The maximum Gasteiger partial charge on any atom is 0.306 e. The van der Waals surface area contributed by atoms with Gasteiger partial charge in [0.1, 0.15) is 11.5 Å². The van der Waals surface area contributed by atoms with Gasteiger partial charge in [-0.25, -0.2) is 0 Å². The maximum atomic E-state index is 14.2. The average molecular weight is 506 g/mol. The summed E-state index contributed by atoms with van der Waals surface area (Å²) in [6.45, 7) is 10.6. The lowest BCUT2D eigenvalue weighted by Gasteiger charge is -2.67. The Morgan fingerprint density at radius 1 is 1.19 bits per heavy atom. The van der Waals surface area contributed by atoms with Crippen LogP contribution in [0.3, 0.4) is 0 Å². The summed E-state index contributed by atoms with van der Waals surface area (Å²) in [5.74, 6) is -1.93. The summed E-state index contributed by atoms with van der Waals surface area (Å²) in [7, 11) is 1.59. The number of carbonyl (C=O) groups is 3. The normalized spacial score (nSPS) is 40.8. The molecule has 8 nitrogen and oxygen atoms in total. The zero-order chi connectivity index (χ0) is 26.5. The van der Waals surface area contributed by atoms with Gasteiger partial charge in [-0.05, 0) is 62.0 Å². The number of esters is 2. The minimum atomic E-state index is -1.26. The van der Waals surface area contributed by atoms with Crippen LogP contribution in [0.4, 0.5) is 0 Å². The summed E-state index contributed by atoms with van der Waals surface area (Å²) >= 11 is 0. The van der Waals surface area contributed by atoms with Crippen LogP contribution < -0.4 is 5.73 Å². The van der Waals surface area contributed by atoms with E-state index < -0.39 is 41.0 Å². The fourth-order valence-electron chi connectivity index (χ4n) is 8.70. The van der Waals surface area contributed by atoms with Crippen molar-refractivity contribution in [3.8, 4) is 0 Å². The Morgan fingerprint density at radius 3 is 2.56 bits per heavy atom. The van der Waals surface area contributed by atoms with Crippen molar-refractivity contribution < 1.29 is 33.7 Å². The molecule has 4 fully saturated rings. The van der Waals surface area contributed by atoms with E-state index in [1.807, 2.05) is 0 Å². The molecular weight excluding hydrogens is 462 g/mol. The van der Waals surface area contributed by atoms with E-state index in [1.54, 1.807) is 7.11 Å². The van der Waals surface area contributed by atoms with Crippen LogP contribution in [0.25, 0.3) is 0 Å². The number of hydrogen-bond donors (Lipinski definition) is 2. The molecule has 0 saturated heterocycles. The summed E-state index contributed by atoms with van der Waals surface area (Å²) in [5, 5.41) is 11.7. The number of carbonyl (C=O) groups excluding carboxylic acids is 3. The molecule has 202 valence electrons. The number of methoxy groups -OCH3 is 1. The molecule has 0 heterocycles. The first-order valence-corrected chi connectivity index (χ1v) is 13.4. The van der Waals surface area contributed by atoms with Crippen LogP contribution in [0.15, 0.2) is 12.2 Å². The highest BCUT2D eigenvalue weighted by atomic mass is 16.6. The standard InChI is InChI=1S/C28H43NO7/c1-16-18-13-19(31)23-27(15-35-17(2)30)11-8-10-26(3,4)20(27)14-21(34-5)28(23,24(16)33)25(18)36-22(32)9-6-7-12-29/h18-21,23,25,31H,1,6-15,29H2,2-5H3/t18-,19-,20+,21+,23-,25+,27-,28+/m0/s1. The molecule has 0 aromatic heterocycles. The molecule has 36 heavy (non-hydrogen) atoms. The quantitative estimate of drug-likeness (QED) is 0.293. The van der Waals surface area contributed by atoms with E-state index in [0.717, 1.165) is 19.3 Å². The van der Waals surface area contributed by atoms with Crippen LogP contribution in [0, 0.1) is 34.0 Å². The lowest BCUT2D eigenvalue weighted by molar-refractivity contribution is -0.272. The van der Waals surface area contributed by atoms with E-state index in [0.29, 0.717) is 31.4 Å². The lowest BCUT2D eigenvalue weighted by Crippen LogP contribution is -2.72. The van der Waals surface area contributed by atoms with Crippen LogP contribution in [0.1, 0.15) is 72.1 Å². The van der Waals surface area contributed by atoms with E-state index in [-0.39, 0.29) is 48.5 Å². The molecule has 0 aromatic carbocycles. The molecule has 8 heteroatoms. The Kier molecular flexibility index (Phi) is 7.45. The zero-order valence-electron chi connectivity index (χ0n) is 22.2. The van der Waals surface area contributed by atoms with Gasteiger partial charge >= 0.3 is 11.9 Å². The number of ketones is 1. The second kappa shape index (κ2) is 9.84. The number of fused-ring (bicyclic) bond motifs is 3. The molecular formula is C28H43NO7. The highest BCUT2D eigenvalue weighted by Gasteiger charge is 2.78. The Balaban J connectivity index is 1.85. The predicted octanol–water partition coefficient (Wildman–Crippen LogP) is 2.94. The fraction of sp³-hybridized carbons (Fsp3) is 0.821. The van der Waals surface area contributed by atoms with Crippen molar-refractivity contribution in [2.75, 3.05) is 20.3 Å². The van der Waals surface area contributed by atoms with Crippen LogP contribution in [0.2, 0.25) is 0 Å². The molecule has 4 rings (SSSR count). The summed E-state index contributed by atoms with van der Waals surface area (Å²) < 4.78 is 17.9. The molecule has 0 unspecified atom stereocenters.